The van der Waals surface area contributed by atoms with E-state index in [-0.39, 0.29) is 6.04 Å². The molecule has 1 heterocycles. The third kappa shape index (κ3) is 3.33. The zero-order valence-electron chi connectivity index (χ0n) is 12.2. The number of benzene rings is 1. The highest BCUT2D eigenvalue weighted by Crippen LogP contribution is 2.25. The standard InChI is InChI=1S/C16H21NO3/c1-4-14(15-6-5-9-20-15)17-11-12-7-8-13(18-2)10-16(12)19-3/h5-10,14,17H,4,11H2,1-3H3. The van der Waals surface area contributed by atoms with Crippen LogP contribution in [0.25, 0.3) is 0 Å². The van der Waals surface area contributed by atoms with Crippen molar-refractivity contribution in [3.05, 3.63) is 47.9 Å². The Kier molecular flexibility index (Phi) is 5.07. The third-order valence-corrected chi connectivity index (χ3v) is 3.33. The summed E-state index contributed by atoms with van der Waals surface area (Å²) >= 11 is 0. The van der Waals surface area contributed by atoms with Gasteiger partial charge in [-0.2, -0.15) is 0 Å². The van der Waals surface area contributed by atoms with Crippen LogP contribution in [0.5, 0.6) is 11.5 Å². The Morgan fingerprint density at radius 2 is 2.05 bits per heavy atom. The minimum absolute atomic E-state index is 0.205. The van der Waals surface area contributed by atoms with Gasteiger partial charge >= 0.3 is 0 Å². The van der Waals surface area contributed by atoms with Gasteiger partial charge in [0.1, 0.15) is 17.3 Å². The number of methoxy groups -OCH3 is 2. The van der Waals surface area contributed by atoms with E-state index >= 15 is 0 Å². The van der Waals surface area contributed by atoms with E-state index in [0.29, 0.717) is 6.54 Å². The molecule has 4 nitrogen and oxygen atoms in total. The molecule has 0 radical (unpaired) electrons. The van der Waals surface area contributed by atoms with Crippen molar-refractivity contribution in [2.45, 2.75) is 25.9 Å². The van der Waals surface area contributed by atoms with Crippen LogP contribution in [0.4, 0.5) is 0 Å². The highest BCUT2D eigenvalue weighted by Gasteiger charge is 2.13. The Morgan fingerprint density at radius 1 is 1.20 bits per heavy atom. The van der Waals surface area contributed by atoms with Gasteiger partial charge in [0.2, 0.25) is 0 Å². The molecule has 0 amide bonds. The molecule has 1 atom stereocenters. The van der Waals surface area contributed by atoms with E-state index in [1.54, 1.807) is 20.5 Å². The summed E-state index contributed by atoms with van der Waals surface area (Å²) in [4.78, 5) is 0. The summed E-state index contributed by atoms with van der Waals surface area (Å²) in [6.07, 6.45) is 2.67. The van der Waals surface area contributed by atoms with E-state index in [2.05, 4.69) is 12.2 Å². The molecule has 0 spiro atoms. The Hall–Kier alpha value is -1.94. The lowest BCUT2D eigenvalue weighted by Gasteiger charge is -2.16. The van der Waals surface area contributed by atoms with E-state index in [0.717, 1.165) is 29.2 Å². The fourth-order valence-corrected chi connectivity index (χ4v) is 2.17. The first kappa shape index (κ1) is 14.5. The maximum atomic E-state index is 5.45. The molecule has 0 aliphatic heterocycles. The fourth-order valence-electron chi connectivity index (χ4n) is 2.17. The summed E-state index contributed by atoms with van der Waals surface area (Å²) in [5.74, 6) is 2.58. The molecule has 0 aliphatic carbocycles. The van der Waals surface area contributed by atoms with Crippen LogP contribution in [0, 0.1) is 0 Å². The predicted octanol–water partition coefficient (Wildman–Crippen LogP) is 3.54. The van der Waals surface area contributed by atoms with Crippen LogP contribution in [0.3, 0.4) is 0 Å². The summed E-state index contributed by atoms with van der Waals surface area (Å²) in [5.41, 5.74) is 1.10. The first-order chi connectivity index (χ1) is 9.78. The number of nitrogens with one attached hydrogen (secondary N) is 1. The zero-order chi connectivity index (χ0) is 14.4. The zero-order valence-corrected chi connectivity index (χ0v) is 12.2. The van der Waals surface area contributed by atoms with Crippen molar-refractivity contribution >= 4 is 0 Å². The normalized spacial score (nSPS) is 12.2. The summed E-state index contributed by atoms with van der Waals surface area (Å²) < 4.78 is 16.1. The van der Waals surface area contributed by atoms with E-state index in [1.165, 1.54) is 0 Å². The van der Waals surface area contributed by atoms with Gasteiger partial charge in [0.15, 0.2) is 0 Å². The topological polar surface area (TPSA) is 43.6 Å². The number of hydrogen-bond donors (Lipinski definition) is 1. The lowest BCUT2D eigenvalue weighted by atomic mass is 10.1. The number of furan rings is 1. The molecule has 0 bridgehead atoms. The molecule has 108 valence electrons. The van der Waals surface area contributed by atoms with Crippen LogP contribution in [-0.4, -0.2) is 14.2 Å². The molecule has 4 heteroatoms. The predicted molar refractivity (Wildman–Crippen MR) is 78.1 cm³/mol. The molecule has 0 saturated heterocycles. The SMILES string of the molecule is CCC(NCc1ccc(OC)cc1OC)c1ccco1. The molecule has 2 aromatic rings. The van der Waals surface area contributed by atoms with Crippen LogP contribution < -0.4 is 14.8 Å². The Bertz CT molecular complexity index is 523. The second-order valence-electron chi connectivity index (χ2n) is 4.53. The molecule has 0 saturated carbocycles. The van der Waals surface area contributed by atoms with Crippen molar-refractivity contribution in [1.29, 1.82) is 0 Å². The average Bonchev–Trinajstić information content (AvgIpc) is 3.02. The summed E-state index contributed by atoms with van der Waals surface area (Å²) in [6, 6.07) is 9.95. The molecule has 1 unspecified atom stereocenters. The minimum atomic E-state index is 0.205. The van der Waals surface area contributed by atoms with Crippen LogP contribution in [0.2, 0.25) is 0 Å². The Balaban J connectivity index is 2.06. The Labute approximate surface area is 119 Å². The third-order valence-electron chi connectivity index (χ3n) is 3.33. The monoisotopic (exact) mass is 275 g/mol. The molecular weight excluding hydrogens is 254 g/mol. The van der Waals surface area contributed by atoms with Gasteiger partial charge in [-0.3, -0.25) is 0 Å². The minimum Gasteiger partial charge on any atom is -0.497 e. The molecule has 1 aromatic heterocycles. The van der Waals surface area contributed by atoms with Crippen LogP contribution in [-0.2, 0) is 6.54 Å². The molecule has 0 fully saturated rings. The fraction of sp³-hybridized carbons (Fsp3) is 0.375. The van der Waals surface area contributed by atoms with Crippen molar-refractivity contribution in [2.75, 3.05) is 14.2 Å². The first-order valence-corrected chi connectivity index (χ1v) is 6.76. The van der Waals surface area contributed by atoms with Crippen LogP contribution in [0.15, 0.2) is 41.0 Å². The highest BCUT2D eigenvalue weighted by molar-refractivity contribution is 5.40. The molecule has 2 rings (SSSR count). The largest absolute Gasteiger partial charge is 0.497 e. The molecule has 1 N–H and O–H groups in total. The summed E-state index contributed by atoms with van der Waals surface area (Å²) in [7, 11) is 3.32. The number of rotatable bonds is 7. The second kappa shape index (κ2) is 7.01. The van der Waals surface area contributed by atoms with Crippen LogP contribution in [0.1, 0.15) is 30.7 Å². The Morgan fingerprint density at radius 3 is 2.65 bits per heavy atom. The lowest BCUT2D eigenvalue weighted by molar-refractivity contribution is 0.380. The molecule has 20 heavy (non-hydrogen) atoms. The maximum absolute atomic E-state index is 5.45. The van der Waals surface area contributed by atoms with Gasteiger partial charge in [0.25, 0.3) is 0 Å². The second-order valence-corrected chi connectivity index (χ2v) is 4.53. The smallest absolute Gasteiger partial charge is 0.127 e. The van der Waals surface area contributed by atoms with Gasteiger partial charge in [-0.15, -0.1) is 0 Å². The van der Waals surface area contributed by atoms with Crippen molar-refractivity contribution < 1.29 is 13.9 Å². The highest BCUT2D eigenvalue weighted by atomic mass is 16.5. The summed E-state index contributed by atoms with van der Waals surface area (Å²) in [6.45, 7) is 2.85. The summed E-state index contributed by atoms with van der Waals surface area (Å²) in [5, 5.41) is 3.49. The average molecular weight is 275 g/mol. The molecular formula is C16H21NO3. The maximum Gasteiger partial charge on any atom is 0.127 e. The van der Waals surface area contributed by atoms with Crippen molar-refractivity contribution in [2.24, 2.45) is 0 Å². The van der Waals surface area contributed by atoms with Gasteiger partial charge in [0.05, 0.1) is 26.5 Å². The van der Waals surface area contributed by atoms with Crippen molar-refractivity contribution in [1.82, 2.24) is 5.32 Å². The van der Waals surface area contributed by atoms with Gasteiger partial charge in [-0.1, -0.05) is 13.0 Å². The molecule has 0 aliphatic rings. The quantitative estimate of drug-likeness (QED) is 0.839. The lowest BCUT2D eigenvalue weighted by Crippen LogP contribution is -2.20. The van der Waals surface area contributed by atoms with Gasteiger partial charge in [-0.25, -0.2) is 0 Å². The number of hydrogen-bond acceptors (Lipinski definition) is 4. The van der Waals surface area contributed by atoms with Crippen molar-refractivity contribution in [3.63, 3.8) is 0 Å². The van der Waals surface area contributed by atoms with E-state index in [9.17, 15) is 0 Å². The number of ether oxygens (including phenoxy) is 2. The van der Waals surface area contributed by atoms with Crippen molar-refractivity contribution in [3.8, 4) is 11.5 Å². The van der Waals surface area contributed by atoms with E-state index < -0.39 is 0 Å². The van der Waals surface area contributed by atoms with E-state index in [4.69, 9.17) is 13.9 Å². The first-order valence-electron chi connectivity index (χ1n) is 6.76. The van der Waals surface area contributed by atoms with Gasteiger partial charge in [-0.05, 0) is 24.6 Å². The van der Waals surface area contributed by atoms with Gasteiger partial charge < -0.3 is 19.2 Å². The van der Waals surface area contributed by atoms with Crippen LogP contribution >= 0.6 is 0 Å². The van der Waals surface area contributed by atoms with E-state index in [1.807, 2.05) is 30.3 Å². The van der Waals surface area contributed by atoms with Gasteiger partial charge in [0, 0.05) is 18.2 Å². The molecule has 1 aromatic carbocycles.